The molecule has 3 rings (SSSR count). The van der Waals surface area contributed by atoms with Crippen molar-refractivity contribution >= 4 is 29.0 Å². The largest absolute Gasteiger partial charge is 0.379 e. The van der Waals surface area contributed by atoms with E-state index in [4.69, 9.17) is 16.3 Å². The number of benzene rings is 1. The SMILES string of the molecule is O=C(Nc1cccc(Cl)c1)c1cc(NCCN2CCOCC2)ncn1. The number of aromatic nitrogens is 2. The normalized spacial score (nSPS) is 14.9. The Balaban J connectivity index is 1.54. The predicted octanol–water partition coefficient (Wildman–Crippen LogP) is 2.13. The molecule has 7 nitrogen and oxygen atoms in total. The first-order valence-electron chi connectivity index (χ1n) is 8.14. The number of rotatable bonds is 6. The number of ether oxygens (including phenoxy) is 1. The fourth-order valence-corrected chi connectivity index (χ4v) is 2.70. The third-order valence-corrected chi connectivity index (χ3v) is 4.06. The lowest BCUT2D eigenvalue weighted by atomic mass is 10.3. The lowest BCUT2D eigenvalue weighted by Crippen LogP contribution is -2.39. The van der Waals surface area contributed by atoms with Crippen molar-refractivity contribution in [2.45, 2.75) is 0 Å². The van der Waals surface area contributed by atoms with E-state index in [2.05, 4.69) is 25.5 Å². The lowest BCUT2D eigenvalue weighted by Gasteiger charge is -2.26. The highest BCUT2D eigenvalue weighted by atomic mass is 35.5. The number of morpholine rings is 1. The number of hydrogen-bond acceptors (Lipinski definition) is 6. The summed E-state index contributed by atoms with van der Waals surface area (Å²) in [6, 6.07) is 8.61. The van der Waals surface area contributed by atoms with Gasteiger partial charge >= 0.3 is 0 Å². The van der Waals surface area contributed by atoms with E-state index in [-0.39, 0.29) is 5.91 Å². The van der Waals surface area contributed by atoms with Crippen molar-refractivity contribution in [3.63, 3.8) is 0 Å². The van der Waals surface area contributed by atoms with Crippen molar-refractivity contribution in [1.29, 1.82) is 0 Å². The summed E-state index contributed by atoms with van der Waals surface area (Å²) in [5.41, 5.74) is 0.918. The first kappa shape index (κ1) is 17.6. The van der Waals surface area contributed by atoms with E-state index in [1.54, 1.807) is 30.3 Å². The Labute approximate surface area is 151 Å². The van der Waals surface area contributed by atoms with Crippen LogP contribution in [0.25, 0.3) is 0 Å². The number of amides is 1. The molecule has 0 spiro atoms. The summed E-state index contributed by atoms with van der Waals surface area (Å²) in [5.74, 6) is 0.320. The number of halogens is 1. The Morgan fingerprint density at radius 3 is 2.88 bits per heavy atom. The Hall–Kier alpha value is -2.22. The standard InChI is InChI=1S/C17H20ClN5O2/c18-13-2-1-3-14(10-13)22-17(24)15-11-16(21-12-20-15)19-4-5-23-6-8-25-9-7-23/h1-3,10-12H,4-9H2,(H,22,24)(H,19,20,21). The van der Waals surface area contributed by atoms with Gasteiger partial charge in [0.25, 0.3) is 5.91 Å². The molecule has 8 heteroatoms. The van der Waals surface area contributed by atoms with Gasteiger partial charge < -0.3 is 15.4 Å². The van der Waals surface area contributed by atoms with Gasteiger partial charge in [0, 0.05) is 43.0 Å². The summed E-state index contributed by atoms with van der Waals surface area (Å²) >= 11 is 5.92. The fraction of sp³-hybridized carbons (Fsp3) is 0.353. The number of anilines is 2. The highest BCUT2D eigenvalue weighted by Crippen LogP contribution is 2.16. The summed E-state index contributed by atoms with van der Waals surface area (Å²) in [7, 11) is 0. The second-order valence-electron chi connectivity index (χ2n) is 5.63. The molecule has 132 valence electrons. The molecule has 1 saturated heterocycles. The van der Waals surface area contributed by atoms with Crippen LogP contribution in [0.5, 0.6) is 0 Å². The number of nitrogens with zero attached hydrogens (tertiary/aromatic N) is 3. The van der Waals surface area contributed by atoms with Gasteiger partial charge in [-0.3, -0.25) is 9.69 Å². The number of carbonyl (C=O) groups is 1. The maximum Gasteiger partial charge on any atom is 0.274 e. The van der Waals surface area contributed by atoms with Crippen LogP contribution in [-0.2, 0) is 4.74 Å². The molecular formula is C17H20ClN5O2. The average molecular weight is 362 g/mol. The Morgan fingerprint density at radius 2 is 2.08 bits per heavy atom. The molecule has 1 aliphatic rings. The zero-order chi connectivity index (χ0) is 17.5. The van der Waals surface area contributed by atoms with Crippen molar-refractivity contribution in [1.82, 2.24) is 14.9 Å². The molecule has 0 atom stereocenters. The Bertz CT molecular complexity index is 722. The number of nitrogens with one attached hydrogen (secondary N) is 2. The molecule has 0 saturated carbocycles. The monoisotopic (exact) mass is 361 g/mol. The van der Waals surface area contributed by atoms with Crippen LogP contribution in [0.1, 0.15) is 10.5 Å². The van der Waals surface area contributed by atoms with Crippen molar-refractivity contribution in [3.05, 3.63) is 47.4 Å². The molecule has 2 N–H and O–H groups in total. The Kier molecular flexibility index (Phi) is 6.16. The van der Waals surface area contributed by atoms with Gasteiger partial charge in [0.1, 0.15) is 17.8 Å². The molecule has 1 aromatic carbocycles. The summed E-state index contributed by atoms with van der Waals surface area (Å²) in [6.07, 6.45) is 1.38. The third kappa shape index (κ3) is 5.38. The molecule has 1 aliphatic heterocycles. The van der Waals surface area contributed by atoms with Gasteiger partial charge in [0.05, 0.1) is 13.2 Å². The average Bonchev–Trinajstić information content (AvgIpc) is 2.63. The van der Waals surface area contributed by atoms with Crippen molar-refractivity contribution in [2.24, 2.45) is 0 Å². The third-order valence-electron chi connectivity index (χ3n) is 3.82. The predicted molar refractivity (Wildman–Crippen MR) is 97.2 cm³/mol. The van der Waals surface area contributed by atoms with Crippen LogP contribution in [0.3, 0.4) is 0 Å². The zero-order valence-corrected chi connectivity index (χ0v) is 14.5. The van der Waals surface area contributed by atoms with Crippen LogP contribution in [0.15, 0.2) is 36.7 Å². The molecule has 2 aromatic rings. The van der Waals surface area contributed by atoms with E-state index in [0.29, 0.717) is 22.2 Å². The quantitative estimate of drug-likeness (QED) is 0.820. The van der Waals surface area contributed by atoms with E-state index < -0.39 is 0 Å². The van der Waals surface area contributed by atoms with Gasteiger partial charge in [-0.2, -0.15) is 0 Å². The van der Waals surface area contributed by atoms with E-state index in [9.17, 15) is 4.79 Å². The van der Waals surface area contributed by atoms with E-state index in [1.165, 1.54) is 6.33 Å². The molecule has 1 aromatic heterocycles. The molecule has 2 heterocycles. The summed E-state index contributed by atoms with van der Waals surface area (Å²) in [5, 5.41) is 6.56. The fourth-order valence-electron chi connectivity index (χ4n) is 2.51. The summed E-state index contributed by atoms with van der Waals surface area (Å²) in [6.45, 7) is 5.09. The summed E-state index contributed by atoms with van der Waals surface area (Å²) < 4.78 is 5.33. The first-order valence-corrected chi connectivity index (χ1v) is 8.51. The lowest BCUT2D eigenvalue weighted by molar-refractivity contribution is 0.0398. The molecule has 1 amide bonds. The molecule has 0 aliphatic carbocycles. The smallest absolute Gasteiger partial charge is 0.274 e. The molecule has 0 radical (unpaired) electrons. The van der Waals surface area contributed by atoms with Gasteiger partial charge in [-0.25, -0.2) is 9.97 Å². The van der Waals surface area contributed by atoms with Crippen LogP contribution in [-0.4, -0.2) is 60.2 Å². The van der Waals surface area contributed by atoms with E-state index >= 15 is 0 Å². The number of hydrogen-bond donors (Lipinski definition) is 2. The zero-order valence-electron chi connectivity index (χ0n) is 13.7. The first-order chi connectivity index (χ1) is 12.2. The minimum Gasteiger partial charge on any atom is -0.379 e. The molecule has 0 bridgehead atoms. The van der Waals surface area contributed by atoms with Crippen molar-refractivity contribution < 1.29 is 9.53 Å². The van der Waals surface area contributed by atoms with Crippen LogP contribution < -0.4 is 10.6 Å². The second-order valence-corrected chi connectivity index (χ2v) is 6.07. The van der Waals surface area contributed by atoms with Crippen molar-refractivity contribution in [2.75, 3.05) is 50.0 Å². The van der Waals surface area contributed by atoms with Gasteiger partial charge in [-0.1, -0.05) is 17.7 Å². The topological polar surface area (TPSA) is 79.4 Å². The maximum absolute atomic E-state index is 12.3. The highest BCUT2D eigenvalue weighted by Gasteiger charge is 2.11. The maximum atomic E-state index is 12.3. The van der Waals surface area contributed by atoms with Crippen LogP contribution in [0.2, 0.25) is 5.02 Å². The molecule has 1 fully saturated rings. The van der Waals surface area contributed by atoms with Gasteiger partial charge in [-0.05, 0) is 18.2 Å². The van der Waals surface area contributed by atoms with E-state index in [0.717, 1.165) is 39.4 Å². The number of carbonyl (C=O) groups excluding carboxylic acids is 1. The van der Waals surface area contributed by atoms with E-state index in [1.807, 2.05) is 0 Å². The van der Waals surface area contributed by atoms with Crippen LogP contribution in [0, 0.1) is 0 Å². The molecule has 25 heavy (non-hydrogen) atoms. The Morgan fingerprint density at radius 1 is 1.24 bits per heavy atom. The van der Waals surface area contributed by atoms with Crippen LogP contribution in [0.4, 0.5) is 11.5 Å². The van der Waals surface area contributed by atoms with Gasteiger partial charge in [-0.15, -0.1) is 0 Å². The summed E-state index contributed by atoms with van der Waals surface area (Å²) in [4.78, 5) is 22.8. The molecule has 0 unspecified atom stereocenters. The van der Waals surface area contributed by atoms with Gasteiger partial charge in [0.15, 0.2) is 0 Å². The second kappa shape index (κ2) is 8.75. The van der Waals surface area contributed by atoms with Gasteiger partial charge in [0.2, 0.25) is 0 Å². The minimum absolute atomic E-state index is 0.295. The van der Waals surface area contributed by atoms with Crippen LogP contribution >= 0.6 is 11.6 Å². The minimum atomic E-state index is -0.305. The highest BCUT2D eigenvalue weighted by molar-refractivity contribution is 6.30. The van der Waals surface area contributed by atoms with Crippen molar-refractivity contribution in [3.8, 4) is 0 Å². The molecular weight excluding hydrogens is 342 g/mol.